The van der Waals surface area contributed by atoms with Crippen LogP contribution in [0.5, 0.6) is 0 Å². The van der Waals surface area contributed by atoms with Crippen LogP contribution in [0.1, 0.15) is 44.2 Å². The largest absolute Gasteiger partial charge is 0.377 e. The zero-order valence-corrected chi connectivity index (χ0v) is 12.7. The minimum atomic E-state index is 0.516. The molecule has 0 bridgehead atoms. The van der Waals surface area contributed by atoms with Crippen molar-refractivity contribution in [2.45, 2.75) is 46.3 Å². The molecule has 0 aromatic heterocycles. The van der Waals surface area contributed by atoms with Crippen LogP contribution >= 0.6 is 0 Å². The zero-order valence-electron chi connectivity index (χ0n) is 12.7. The molecule has 20 heavy (non-hydrogen) atoms. The van der Waals surface area contributed by atoms with E-state index in [1.54, 1.807) is 0 Å². The molecular weight excluding hydrogens is 250 g/mol. The molecule has 3 N–H and O–H groups in total. The molecule has 0 radical (unpaired) electrons. The summed E-state index contributed by atoms with van der Waals surface area (Å²) >= 11 is 0. The van der Waals surface area contributed by atoms with Gasteiger partial charge in [-0.25, -0.2) is 4.99 Å². The monoisotopic (exact) mass is 277 g/mol. The van der Waals surface area contributed by atoms with Crippen LogP contribution in [0.4, 0.5) is 0 Å². The highest BCUT2D eigenvalue weighted by atomic mass is 16.5. The van der Waals surface area contributed by atoms with Gasteiger partial charge in [-0.05, 0) is 24.0 Å². The number of aliphatic imine (C=N–C) groups is 1. The average molecular weight is 277 g/mol. The van der Waals surface area contributed by atoms with E-state index in [1.165, 1.54) is 11.1 Å². The van der Waals surface area contributed by atoms with Crippen LogP contribution in [0.15, 0.2) is 29.3 Å². The summed E-state index contributed by atoms with van der Waals surface area (Å²) in [6.45, 7) is 7.17. The first-order chi connectivity index (χ1) is 9.77. The van der Waals surface area contributed by atoms with E-state index < -0.39 is 0 Å². The van der Waals surface area contributed by atoms with Crippen molar-refractivity contribution in [1.29, 1.82) is 0 Å². The fourth-order valence-corrected chi connectivity index (χ4v) is 1.80. The molecule has 1 aromatic rings. The Morgan fingerprint density at radius 2 is 1.95 bits per heavy atom. The van der Waals surface area contributed by atoms with E-state index in [-0.39, 0.29) is 0 Å². The van der Waals surface area contributed by atoms with Gasteiger partial charge in [0.05, 0.1) is 13.2 Å². The molecule has 0 saturated carbocycles. The van der Waals surface area contributed by atoms with Gasteiger partial charge in [0.15, 0.2) is 5.96 Å². The van der Waals surface area contributed by atoms with E-state index >= 15 is 0 Å². The van der Waals surface area contributed by atoms with E-state index in [0.29, 0.717) is 19.1 Å². The Balaban J connectivity index is 2.51. The lowest BCUT2D eigenvalue weighted by Crippen LogP contribution is -2.32. The maximum atomic E-state index is 5.84. The summed E-state index contributed by atoms with van der Waals surface area (Å²) in [7, 11) is 0. The second-order valence-corrected chi connectivity index (χ2v) is 4.80. The van der Waals surface area contributed by atoms with Crippen LogP contribution < -0.4 is 11.1 Å². The van der Waals surface area contributed by atoms with Gasteiger partial charge in [0.2, 0.25) is 0 Å². The molecule has 4 nitrogen and oxygen atoms in total. The van der Waals surface area contributed by atoms with Crippen molar-refractivity contribution in [3.05, 3.63) is 35.4 Å². The fourth-order valence-electron chi connectivity index (χ4n) is 1.80. The molecule has 112 valence electrons. The van der Waals surface area contributed by atoms with E-state index in [9.17, 15) is 0 Å². The van der Waals surface area contributed by atoms with E-state index in [1.807, 2.05) is 12.1 Å². The first-order valence-corrected chi connectivity index (χ1v) is 7.46. The third kappa shape index (κ3) is 6.57. The number of nitrogens with two attached hydrogens (primary N) is 1. The summed E-state index contributed by atoms with van der Waals surface area (Å²) in [4.78, 5) is 4.38. The number of ether oxygens (including phenoxy) is 1. The van der Waals surface area contributed by atoms with Gasteiger partial charge in [0.1, 0.15) is 0 Å². The van der Waals surface area contributed by atoms with Crippen LogP contribution in [0.25, 0.3) is 0 Å². The highest BCUT2D eigenvalue weighted by Gasteiger charge is 2.01. The molecule has 0 spiro atoms. The van der Waals surface area contributed by atoms with Gasteiger partial charge in [0.25, 0.3) is 0 Å². The normalized spacial score (nSPS) is 11.6. The standard InChI is InChI=1S/C16H27N3O/c1-3-5-10-18-16(17)19-12-14-8-6-7-9-15(14)13-20-11-4-2/h6-9H,3-5,10-13H2,1-2H3,(H3,17,18,19). The Kier molecular flexibility index (Phi) is 8.47. The van der Waals surface area contributed by atoms with Gasteiger partial charge in [-0.1, -0.05) is 44.5 Å². The van der Waals surface area contributed by atoms with Crippen molar-refractivity contribution in [2.75, 3.05) is 13.2 Å². The molecule has 1 aromatic carbocycles. The molecule has 0 aliphatic rings. The van der Waals surface area contributed by atoms with Gasteiger partial charge in [-0.15, -0.1) is 0 Å². The maximum Gasteiger partial charge on any atom is 0.188 e. The van der Waals surface area contributed by atoms with Crippen molar-refractivity contribution in [2.24, 2.45) is 10.7 Å². The average Bonchev–Trinajstić information content (AvgIpc) is 2.47. The van der Waals surface area contributed by atoms with E-state index in [4.69, 9.17) is 10.5 Å². The SMILES string of the molecule is CCCCNC(N)=NCc1ccccc1COCCC. The molecule has 1 rings (SSSR count). The number of rotatable bonds is 9. The van der Waals surface area contributed by atoms with Gasteiger partial charge in [-0.2, -0.15) is 0 Å². The predicted molar refractivity (Wildman–Crippen MR) is 84.6 cm³/mol. The van der Waals surface area contributed by atoms with Crippen LogP contribution in [0.3, 0.4) is 0 Å². The van der Waals surface area contributed by atoms with Crippen molar-refractivity contribution >= 4 is 5.96 Å². The van der Waals surface area contributed by atoms with Crippen molar-refractivity contribution in [1.82, 2.24) is 5.32 Å². The van der Waals surface area contributed by atoms with E-state index in [2.05, 4.69) is 36.3 Å². The number of nitrogens with one attached hydrogen (secondary N) is 1. The molecule has 0 atom stereocenters. The van der Waals surface area contributed by atoms with Gasteiger partial charge in [0, 0.05) is 13.2 Å². The number of benzene rings is 1. The second kappa shape index (κ2) is 10.3. The Labute approximate surface area is 122 Å². The number of unbranched alkanes of at least 4 members (excludes halogenated alkanes) is 1. The number of hydrogen-bond acceptors (Lipinski definition) is 2. The summed E-state index contributed by atoms with van der Waals surface area (Å²) in [5, 5.41) is 3.12. The van der Waals surface area contributed by atoms with Gasteiger partial charge in [-0.3, -0.25) is 0 Å². The summed E-state index contributed by atoms with van der Waals surface area (Å²) in [6, 6.07) is 8.21. The van der Waals surface area contributed by atoms with Crippen molar-refractivity contribution in [3.63, 3.8) is 0 Å². The molecular formula is C16H27N3O. The van der Waals surface area contributed by atoms with Crippen molar-refractivity contribution in [3.8, 4) is 0 Å². The number of hydrogen-bond donors (Lipinski definition) is 2. The summed E-state index contributed by atoms with van der Waals surface area (Å²) < 4.78 is 5.60. The third-order valence-corrected chi connectivity index (χ3v) is 2.98. The zero-order chi connectivity index (χ0) is 14.6. The van der Waals surface area contributed by atoms with Crippen LogP contribution in [-0.4, -0.2) is 19.1 Å². The highest BCUT2D eigenvalue weighted by Crippen LogP contribution is 2.11. The van der Waals surface area contributed by atoms with Crippen LogP contribution in [-0.2, 0) is 17.9 Å². The first-order valence-electron chi connectivity index (χ1n) is 7.46. The van der Waals surface area contributed by atoms with Crippen molar-refractivity contribution < 1.29 is 4.74 Å². The maximum absolute atomic E-state index is 5.84. The molecule has 0 amide bonds. The molecule has 0 unspecified atom stereocenters. The fraction of sp³-hybridized carbons (Fsp3) is 0.562. The number of nitrogens with zero attached hydrogens (tertiary/aromatic N) is 1. The lowest BCUT2D eigenvalue weighted by Gasteiger charge is -2.09. The number of guanidine groups is 1. The third-order valence-electron chi connectivity index (χ3n) is 2.98. The first kappa shape index (κ1) is 16.5. The van der Waals surface area contributed by atoms with Crippen LogP contribution in [0.2, 0.25) is 0 Å². The molecule has 0 aliphatic heterocycles. The quantitative estimate of drug-likeness (QED) is 0.414. The van der Waals surface area contributed by atoms with Gasteiger partial charge >= 0.3 is 0 Å². The molecule has 0 fully saturated rings. The molecule has 0 saturated heterocycles. The summed E-state index contributed by atoms with van der Waals surface area (Å²) in [6.07, 6.45) is 3.30. The molecule has 0 aliphatic carbocycles. The Morgan fingerprint density at radius 3 is 2.65 bits per heavy atom. The lowest BCUT2D eigenvalue weighted by molar-refractivity contribution is 0.121. The lowest BCUT2D eigenvalue weighted by atomic mass is 10.1. The van der Waals surface area contributed by atoms with Gasteiger partial charge < -0.3 is 15.8 Å². The molecule has 4 heteroatoms. The second-order valence-electron chi connectivity index (χ2n) is 4.80. The van der Waals surface area contributed by atoms with Crippen LogP contribution in [0, 0.1) is 0 Å². The Morgan fingerprint density at radius 1 is 1.20 bits per heavy atom. The Hall–Kier alpha value is -1.55. The minimum Gasteiger partial charge on any atom is -0.377 e. The minimum absolute atomic E-state index is 0.516. The smallest absolute Gasteiger partial charge is 0.188 e. The predicted octanol–water partition coefficient (Wildman–Crippen LogP) is 2.82. The van der Waals surface area contributed by atoms with E-state index in [0.717, 1.165) is 32.4 Å². The summed E-state index contributed by atoms with van der Waals surface area (Å²) in [5.74, 6) is 0.516. The highest BCUT2D eigenvalue weighted by molar-refractivity contribution is 5.77. The summed E-state index contributed by atoms with van der Waals surface area (Å²) in [5.41, 5.74) is 8.20. The Bertz CT molecular complexity index is 404. The molecule has 0 heterocycles. The topological polar surface area (TPSA) is 59.6 Å².